The minimum atomic E-state index is -4.83. The van der Waals surface area contributed by atoms with Gasteiger partial charge in [-0.25, -0.2) is 0 Å². The monoisotopic (exact) mass is 348 g/mol. The number of rotatable bonds is 3. The van der Waals surface area contributed by atoms with Crippen molar-refractivity contribution in [2.75, 3.05) is 25.5 Å². The van der Waals surface area contributed by atoms with Crippen molar-refractivity contribution in [1.29, 1.82) is 0 Å². The first-order valence-corrected chi connectivity index (χ1v) is 8.18. The number of hydrogen-bond donors (Lipinski definition) is 0. The molecule has 1 aromatic carbocycles. The van der Waals surface area contributed by atoms with Gasteiger partial charge in [-0.1, -0.05) is 11.6 Å². The van der Waals surface area contributed by atoms with Gasteiger partial charge in [0.1, 0.15) is 5.25 Å². The Hall–Kier alpha value is -1.67. The lowest BCUT2D eigenvalue weighted by Gasteiger charge is -2.21. The maximum Gasteiger partial charge on any atom is 0.307 e. The van der Waals surface area contributed by atoms with Gasteiger partial charge in [0.2, 0.25) is 5.91 Å². The van der Waals surface area contributed by atoms with Crippen LogP contribution < -0.4 is 4.90 Å². The quantitative estimate of drug-likeness (QED) is 0.775. The number of amides is 2. The highest BCUT2D eigenvalue weighted by atomic mass is 35.5. The molecule has 0 aromatic heterocycles. The van der Waals surface area contributed by atoms with E-state index in [1.807, 2.05) is 0 Å². The van der Waals surface area contributed by atoms with E-state index in [0.717, 1.165) is 4.90 Å². The Balaban J connectivity index is 2.46. The lowest BCUT2D eigenvalue weighted by molar-refractivity contribution is -0.117. The molecule has 0 radical (unpaired) electrons. The van der Waals surface area contributed by atoms with Crippen LogP contribution in [0.3, 0.4) is 0 Å². The Morgan fingerprint density at radius 1 is 1.41 bits per heavy atom. The van der Waals surface area contributed by atoms with Gasteiger partial charge in [0.25, 0.3) is 5.91 Å². The zero-order valence-corrected chi connectivity index (χ0v) is 13.5. The van der Waals surface area contributed by atoms with Gasteiger partial charge in [0.05, 0.1) is 11.3 Å². The number of nitrogens with zero attached hydrogens (tertiary/aromatic N) is 2. The first-order valence-electron chi connectivity index (χ1n) is 6.36. The molecule has 1 unspecified atom stereocenters. The van der Waals surface area contributed by atoms with Gasteiger partial charge in [-0.05, 0) is 18.2 Å². The molecular weight excluding hydrogens is 335 g/mol. The lowest BCUT2D eigenvalue weighted by Crippen LogP contribution is -2.30. The first-order chi connectivity index (χ1) is 10.1. The highest BCUT2D eigenvalue weighted by molar-refractivity contribution is 7.87. The fourth-order valence-electron chi connectivity index (χ4n) is 2.25. The molecular formula is C13H14ClFN2O4S. The molecule has 120 valence electrons. The normalized spacial score (nSPS) is 18.6. The summed E-state index contributed by atoms with van der Waals surface area (Å²) in [6.07, 6.45) is -0.457. The average Bonchev–Trinajstić information content (AvgIpc) is 2.79. The predicted octanol–water partition coefficient (Wildman–Crippen LogP) is 1.45. The molecule has 2 amide bonds. The molecule has 0 saturated carbocycles. The third-order valence-electron chi connectivity index (χ3n) is 3.37. The predicted molar refractivity (Wildman–Crippen MR) is 80.3 cm³/mol. The number of benzene rings is 1. The second-order valence-electron chi connectivity index (χ2n) is 5.17. The van der Waals surface area contributed by atoms with Crippen LogP contribution in [-0.4, -0.2) is 51.0 Å². The molecule has 1 aliphatic rings. The van der Waals surface area contributed by atoms with Crippen LogP contribution in [0.1, 0.15) is 16.8 Å². The van der Waals surface area contributed by atoms with E-state index in [1.54, 1.807) is 14.1 Å². The van der Waals surface area contributed by atoms with Gasteiger partial charge in [0, 0.05) is 32.1 Å². The van der Waals surface area contributed by atoms with Crippen LogP contribution in [0.15, 0.2) is 18.2 Å². The van der Waals surface area contributed by atoms with Crippen molar-refractivity contribution in [2.24, 2.45) is 0 Å². The van der Waals surface area contributed by atoms with Crippen LogP contribution in [0.4, 0.5) is 9.57 Å². The Labute approximate surface area is 132 Å². The maximum atomic E-state index is 13.1. The van der Waals surface area contributed by atoms with Gasteiger partial charge in [-0.3, -0.25) is 9.59 Å². The van der Waals surface area contributed by atoms with Crippen molar-refractivity contribution in [2.45, 2.75) is 11.7 Å². The van der Waals surface area contributed by atoms with Gasteiger partial charge < -0.3 is 9.80 Å². The SMILES string of the molecule is CN(C)C(=O)c1ccc(Cl)cc1N1CC(S(=O)(=O)F)CC1=O. The molecule has 1 saturated heterocycles. The Kier molecular flexibility index (Phi) is 4.44. The van der Waals surface area contributed by atoms with Crippen molar-refractivity contribution in [3.8, 4) is 0 Å². The second-order valence-corrected chi connectivity index (χ2v) is 7.22. The maximum absolute atomic E-state index is 13.1. The Morgan fingerprint density at radius 2 is 2.05 bits per heavy atom. The van der Waals surface area contributed by atoms with Gasteiger partial charge in [-0.2, -0.15) is 8.42 Å². The van der Waals surface area contributed by atoms with E-state index < -0.39 is 27.8 Å². The summed E-state index contributed by atoms with van der Waals surface area (Å²) in [4.78, 5) is 26.6. The molecule has 9 heteroatoms. The van der Waals surface area contributed by atoms with E-state index >= 15 is 0 Å². The van der Waals surface area contributed by atoms with E-state index in [-0.39, 0.29) is 28.7 Å². The van der Waals surface area contributed by atoms with Crippen molar-refractivity contribution in [1.82, 2.24) is 4.90 Å². The van der Waals surface area contributed by atoms with Gasteiger partial charge in [-0.15, -0.1) is 3.89 Å². The molecule has 1 aliphatic heterocycles. The fraction of sp³-hybridized carbons (Fsp3) is 0.385. The molecule has 0 bridgehead atoms. The molecule has 1 fully saturated rings. The van der Waals surface area contributed by atoms with E-state index in [4.69, 9.17) is 11.6 Å². The summed E-state index contributed by atoms with van der Waals surface area (Å²) in [6.45, 7) is -0.342. The van der Waals surface area contributed by atoms with Crippen molar-refractivity contribution in [3.63, 3.8) is 0 Å². The number of carbonyl (C=O) groups excluding carboxylic acids is 2. The van der Waals surface area contributed by atoms with Crippen LogP contribution in [0, 0.1) is 0 Å². The molecule has 22 heavy (non-hydrogen) atoms. The van der Waals surface area contributed by atoms with E-state index in [9.17, 15) is 21.9 Å². The third-order valence-corrected chi connectivity index (χ3v) is 4.72. The Bertz CT molecular complexity index is 736. The smallest absolute Gasteiger partial charge is 0.307 e. The summed E-state index contributed by atoms with van der Waals surface area (Å²) < 4.78 is 35.1. The molecule has 0 N–H and O–H groups in total. The summed E-state index contributed by atoms with van der Waals surface area (Å²) in [5.41, 5.74) is 0.377. The lowest BCUT2D eigenvalue weighted by atomic mass is 10.1. The third kappa shape index (κ3) is 3.22. The molecule has 2 rings (SSSR count). The minimum absolute atomic E-state index is 0.183. The van der Waals surface area contributed by atoms with Crippen LogP contribution in [0.2, 0.25) is 5.02 Å². The second kappa shape index (κ2) is 5.85. The van der Waals surface area contributed by atoms with Gasteiger partial charge >= 0.3 is 10.2 Å². The minimum Gasteiger partial charge on any atom is -0.345 e. The molecule has 0 aliphatic carbocycles. The molecule has 1 atom stereocenters. The molecule has 1 heterocycles. The Morgan fingerprint density at radius 3 is 2.55 bits per heavy atom. The van der Waals surface area contributed by atoms with E-state index in [2.05, 4.69) is 0 Å². The highest BCUT2D eigenvalue weighted by Gasteiger charge is 2.40. The van der Waals surface area contributed by atoms with E-state index in [1.165, 1.54) is 23.1 Å². The van der Waals surface area contributed by atoms with Crippen molar-refractivity contribution in [3.05, 3.63) is 28.8 Å². The summed E-state index contributed by atoms with van der Waals surface area (Å²) in [5, 5.41) is -1.15. The van der Waals surface area contributed by atoms with Crippen molar-refractivity contribution >= 4 is 39.3 Å². The summed E-state index contributed by atoms with van der Waals surface area (Å²) in [6, 6.07) is 4.33. The fourth-order valence-corrected chi connectivity index (χ4v) is 3.08. The number of carbonyl (C=O) groups is 2. The number of hydrogen-bond acceptors (Lipinski definition) is 4. The van der Waals surface area contributed by atoms with Crippen LogP contribution in [0.25, 0.3) is 0 Å². The number of halogens is 2. The standard InChI is InChI=1S/C13H14ClFN2O4S/c1-16(2)13(19)10-4-3-8(14)5-11(10)17-7-9(6-12(17)18)22(15,20)21/h3-5,9H,6-7H2,1-2H3. The molecule has 6 nitrogen and oxygen atoms in total. The van der Waals surface area contributed by atoms with E-state index in [0.29, 0.717) is 0 Å². The van der Waals surface area contributed by atoms with Crippen LogP contribution in [0.5, 0.6) is 0 Å². The van der Waals surface area contributed by atoms with Crippen LogP contribution in [-0.2, 0) is 15.0 Å². The zero-order chi connectivity index (χ0) is 16.7. The topological polar surface area (TPSA) is 74.8 Å². The summed E-state index contributed by atoms with van der Waals surface area (Å²) >= 11 is 5.90. The summed E-state index contributed by atoms with van der Waals surface area (Å²) in [5.74, 6) is -0.938. The molecule has 1 aromatic rings. The molecule has 0 spiro atoms. The zero-order valence-electron chi connectivity index (χ0n) is 11.9. The number of anilines is 1. The largest absolute Gasteiger partial charge is 0.345 e. The van der Waals surface area contributed by atoms with Crippen LogP contribution >= 0.6 is 11.6 Å². The average molecular weight is 349 g/mol. The summed E-state index contributed by atoms with van der Waals surface area (Å²) in [7, 11) is -1.74. The first kappa shape index (κ1) is 16.7. The van der Waals surface area contributed by atoms with Crippen molar-refractivity contribution < 1.29 is 21.9 Å². The highest BCUT2D eigenvalue weighted by Crippen LogP contribution is 2.31. The van der Waals surface area contributed by atoms with Gasteiger partial charge in [0.15, 0.2) is 0 Å².